The number of anilines is 1. The molecule has 0 radical (unpaired) electrons. The number of rotatable bonds is 6. The van der Waals surface area contributed by atoms with Crippen molar-refractivity contribution in [2.24, 2.45) is 0 Å². The number of nitrogens with zero attached hydrogens (tertiary/aromatic N) is 6. The first-order chi connectivity index (χ1) is 17.5. The molecule has 0 aliphatic carbocycles. The lowest BCUT2D eigenvalue weighted by molar-refractivity contribution is 0.0741. The van der Waals surface area contributed by atoms with E-state index in [1.54, 1.807) is 26.5 Å². The summed E-state index contributed by atoms with van der Waals surface area (Å²) < 4.78 is 12.7. The molecule has 1 fully saturated rings. The van der Waals surface area contributed by atoms with E-state index in [9.17, 15) is 4.79 Å². The largest absolute Gasteiger partial charge is 0.497 e. The minimum Gasteiger partial charge on any atom is -0.497 e. The number of methoxy groups -OCH3 is 2. The van der Waals surface area contributed by atoms with Gasteiger partial charge in [-0.25, -0.2) is 9.67 Å². The Bertz CT molecular complexity index is 1370. The van der Waals surface area contributed by atoms with Crippen LogP contribution in [-0.4, -0.2) is 76.2 Å². The van der Waals surface area contributed by atoms with Crippen LogP contribution < -0.4 is 14.4 Å². The Morgan fingerprint density at radius 3 is 2.50 bits per heavy atom. The molecule has 186 valence electrons. The molecule has 1 aromatic carbocycles. The van der Waals surface area contributed by atoms with Gasteiger partial charge in [-0.05, 0) is 50.2 Å². The van der Waals surface area contributed by atoms with Crippen LogP contribution in [0.2, 0.25) is 0 Å². The van der Waals surface area contributed by atoms with E-state index < -0.39 is 0 Å². The number of nitrogens with one attached hydrogen (secondary N) is 1. The van der Waals surface area contributed by atoms with Gasteiger partial charge in [0.1, 0.15) is 17.2 Å². The van der Waals surface area contributed by atoms with Crippen molar-refractivity contribution in [3.63, 3.8) is 0 Å². The van der Waals surface area contributed by atoms with Gasteiger partial charge in [-0.2, -0.15) is 10.2 Å². The smallest absolute Gasteiger partial charge is 0.272 e. The molecular weight excluding hydrogens is 458 g/mol. The molecule has 0 unspecified atom stereocenters. The van der Waals surface area contributed by atoms with Crippen LogP contribution in [0.3, 0.4) is 0 Å². The van der Waals surface area contributed by atoms with Crippen LogP contribution in [0.25, 0.3) is 17.1 Å². The van der Waals surface area contributed by atoms with Crippen molar-refractivity contribution in [3.8, 4) is 28.6 Å². The number of pyridine rings is 1. The molecular formula is C26H29N7O3. The molecule has 5 rings (SSSR count). The summed E-state index contributed by atoms with van der Waals surface area (Å²) in [4.78, 5) is 21.8. The van der Waals surface area contributed by atoms with Crippen molar-refractivity contribution in [2.75, 3.05) is 45.3 Å². The SMILES string of the molecule is COc1ccc(OC)c(-c2cc(C(=O)N3CCN(c4c(C)nn(-c5ccccn5)c4C)CC3)[nH]n2)c1. The third kappa shape index (κ3) is 4.26. The minimum absolute atomic E-state index is 0.0760. The van der Waals surface area contributed by atoms with Crippen molar-refractivity contribution in [1.82, 2.24) is 29.9 Å². The zero-order valence-electron chi connectivity index (χ0n) is 20.9. The molecule has 4 heterocycles. The normalized spacial score (nSPS) is 13.7. The zero-order chi connectivity index (χ0) is 25.2. The van der Waals surface area contributed by atoms with E-state index in [1.165, 1.54) is 0 Å². The first-order valence-electron chi connectivity index (χ1n) is 11.8. The number of carbonyl (C=O) groups excluding carboxylic acids is 1. The molecule has 36 heavy (non-hydrogen) atoms. The lowest BCUT2D eigenvalue weighted by atomic mass is 10.1. The Balaban J connectivity index is 1.29. The Labute approximate surface area is 209 Å². The summed E-state index contributed by atoms with van der Waals surface area (Å²) in [5.41, 5.74) is 4.91. The van der Waals surface area contributed by atoms with Crippen LogP contribution in [-0.2, 0) is 0 Å². The molecule has 0 spiro atoms. The van der Waals surface area contributed by atoms with Gasteiger partial charge in [-0.15, -0.1) is 0 Å². The van der Waals surface area contributed by atoms with Crippen LogP contribution in [0.15, 0.2) is 48.7 Å². The first kappa shape index (κ1) is 23.4. The summed E-state index contributed by atoms with van der Waals surface area (Å²) in [6.07, 6.45) is 1.76. The number of carbonyl (C=O) groups is 1. The van der Waals surface area contributed by atoms with E-state index in [4.69, 9.17) is 14.6 Å². The Hall–Kier alpha value is -4.34. The number of benzene rings is 1. The molecule has 10 heteroatoms. The van der Waals surface area contributed by atoms with Gasteiger partial charge in [-0.1, -0.05) is 6.07 Å². The number of hydrogen-bond donors (Lipinski definition) is 1. The molecule has 4 aromatic rings. The second-order valence-electron chi connectivity index (χ2n) is 8.63. The second kappa shape index (κ2) is 9.73. The summed E-state index contributed by atoms with van der Waals surface area (Å²) in [7, 11) is 3.21. The third-order valence-corrected chi connectivity index (χ3v) is 6.49. The van der Waals surface area contributed by atoms with E-state index >= 15 is 0 Å². The highest BCUT2D eigenvalue weighted by atomic mass is 16.5. The number of piperazine rings is 1. The summed E-state index contributed by atoms with van der Waals surface area (Å²) in [5.74, 6) is 2.07. The van der Waals surface area contributed by atoms with Gasteiger partial charge in [0.15, 0.2) is 5.82 Å². The Kier molecular flexibility index (Phi) is 6.32. The average Bonchev–Trinajstić information content (AvgIpc) is 3.53. The van der Waals surface area contributed by atoms with Crippen LogP contribution in [0.5, 0.6) is 11.5 Å². The Morgan fingerprint density at radius 2 is 1.81 bits per heavy atom. The standard InChI is InChI=1S/C26H29N7O3/c1-17-25(18(2)33(30-17)24-7-5-6-10-27-24)31-11-13-32(14-12-31)26(34)22-16-21(28-29-22)20-15-19(35-3)8-9-23(20)36-4/h5-10,15-16H,11-14H2,1-4H3,(H,28,29). The van der Waals surface area contributed by atoms with E-state index in [-0.39, 0.29) is 5.91 Å². The van der Waals surface area contributed by atoms with E-state index in [0.717, 1.165) is 28.5 Å². The fourth-order valence-corrected chi connectivity index (χ4v) is 4.68. The van der Waals surface area contributed by atoms with Crippen molar-refractivity contribution < 1.29 is 14.3 Å². The lowest BCUT2D eigenvalue weighted by Crippen LogP contribution is -2.49. The van der Waals surface area contributed by atoms with Crippen molar-refractivity contribution >= 4 is 11.6 Å². The molecule has 1 N–H and O–H groups in total. The average molecular weight is 488 g/mol. The molecule has 1 saturated heterocycles. The number of H-pyrrole nitrogens is 1. The molecule has 3 aromatic heterocycles. The zero-order valence-corrected chi connectivity index (χ0v) is 20.9. The number of aromatic nitrogens is 5. The molecule has 0 saturated carbocycles. The summed E-state index contributed by atoms with van der Waals surface area (Å²) in [5, 5.41) is 12.0. The van der Waals surface area contributed by atoms with Crippen LogP contribution in [0, 0.1) is 13.8 Å². The molecule has 0 atom stereocenters. The lowest BCUT2D eigenvalue weighted by Gasteiger charge is -2.36. The van der Waals surface area contributed by atoms with E-state index in [1.807, 2.05) is 52.9 Å². The molecule has 10 nitrogen and oxygen atoms in total. The maximum Gasteiger partial charge on any atom is 0.272 e. The highest BCUT2D eigenvalue weighted by Gasteiger charge is 2.27. The first-order valence-corrected chi connectivity index (χ1v) is 11.8. The van der Waals surface area contributed by atoms with Gasteiger partial charge in [0.25, 0.3) is 5.91 Å². The molecule has 0 bridgehead atoms. The van der Waals surface area contributed by atoms with Gasteiger partial charge in [-0.3, -0.25) is 9.89 Å². The molecule has 1 aliphatic rings. The van der Waals surface area contributed by atoms with Crippen molar-refractivity contribution in [3.05, 3.63) is 65.7 Å². The van der Waals surface area contributed by atoms with Crippen LogP contribution >= 0.6 is 0 Å². The summed E-state index contributed by atoms with van der Waals surface area (Å²) >= 11 is 0. The number of hydrogen-bond acceptors (Lipinski definition) is 7. The van der Waals surface area contributed by atoms with Crippen LogP contribution in [0.4, 0.5) is 5.69 Å². The maximum atomic E-state index is 13.2. The highest BCUT2D eigenvalue weighted by molar-refractivity contribution is 5.93. The number of aryl methyl sites for hydroxylation is 1. The number of ether oxygens (including phenoxy) is 2. The van der Waals surface area contributed by atoms with Gasteiger partial charge < -0.3 is 19.3 Å². The minimum atomic E-state index is -0.0760. The van der Waals surface area contributed by atoms with Gasteiger partial charge in [0.05, 0.1) is 37.0 Å². The number of aromatic amines is 1. The van der Waals surface area contributed by atoms with Gasteiger partial charge >= 0.3 is 0 Å². The van der Waals surface area contributed by atoms with Gasteiger partial charge in [0.2, 0.25) is 0 Å². The van der Waals surface area contributed by atoms with E-state index in [2.05, 4.69) is 27.0 Å². The highest BCUT2D eigenvalue weighted by Crippen LogP contribution is 2.33. The molecule has 1 amide bonds. The molecule has 1 aliphatic heterocycles. The predicted molar refractivity (Wildman–Crippen MR) is 136 cm³/mol. The third-order valence-electron chi connectivity index (χ3n) is 6.49. The fraction of sp³-hybridized carbons (Fsp3) is 0.308. The van der Waals surface area contributed by atoms with Crippen molar-refractivity contribution in [2.45, 2.75) is 13.8 Å². The summed E-state index contributed by atoms with van der Waals surface area (Å²) in [6.45, 7) is 6.70. The monoisotopic (exact) mass is 487 g/mol. The van der Waals surface area contributed by atoms with Crippen molar-refractivity contribution in [1.29, 1.82) is 0 Å². The topological polar surface area (TPSA) is 101 Å². The van der Waals surface area contributed by atoms with Gasteiger partial charge in [0, 0.05) is 37.9 Å². The Morgan fingerprint density at radius 1 is 1.00 bits per heavy atom. The van der Waals surface area contributed by atoms with Crippen LogP contribution in [0.1, 0.15) is 21.9 Å². The second-order valence-corrected chi connectivity index (χ2v) is 8.63. The quantitative estimate of drug-likeness (QED) is 0.445. The fourth-order valence-electron chi connectivity index (χ4n) is 4.68. The van der Waals surface area contributed by atoms with E-state index in [0.29, 0.717) is 49.1 Å². The predicted octanol–water partition coefficient (Wildman–Crippen LogP) is 3.25. The summed E-state index contributed by atoms with van der Waals surface area (Å²) in [6, 6.07) is 13.0. The maximum absolute atomic E-state index is 13.2. The number of amides is 1.